The lowest BCUT2D eigenvalue weighted by molar-refractivity contribution is 0.102. The number of aromatic nitrogens is 2. The van der Waals surface area contributed by atoms with E-state index < -0.39 is 23.3 Å². The molecule has 3 aromatic carbocycles. The topological polar surface area (TPSA) is 87.2 Å². The van der Waals surface area contributed by atoms with E-state index in [2.05, 4.69) is 25.5 Å². The first kappa shape index (κ1) is 22.5. The first-order valence-electron chi connectivity index (χ1n) is 11.1. The van der Waals surface area contributed by atoms with Gasteiger partial charge in [-0.05, 0) is 60.7 Å². The standard InChI is InChI=1S/C26H21F2N5O2/c27-18-4-1-16(2-5-18)26(35)31-19-6-7-21(28)20(14-19)25(34)17-3-8-22-23(13-17)32-24(15-30-22)33-11-9-29-10-12-33/h1-8,13-15,29H,9-12H2,(H,31,35). The van der Waals surface area contributed by atoms with Gasteiger partial charge in [-0.1, -0.05) is 0 Å². The Hall–Kier alpha value is -4.24. The van der Waals surface area contributed by atoms with Gasteiger partial charge in [0.25, 0.3) is 5.91 Å². The summed E-state index contributed by atoms with van der Waals surface area (Å²) in [6, 6.07) is 13.6. The first-order chi connectivity index (χ1) is 17.0. The molecule has 0 unspecified atom stereocenters. The molecule has 2 heterocycles. The number of carbonyl (C=O) groups excluding carboxylic acids is 2. The van der Waals surface area contributed by atoms with Gasteiger partial charge < -0.3 is 15.5 Å². The maximum absolute atomic E-state index is 14.6. The van der Waals surface area contributed by atoms with Crippen LogP contribution in [0.25, 0.3) is 11.0 Å². The molecular formula is C26H21F2N5O2. The third kappa shape index (κ3) is 4.85. The third-order valence-electron chi connectivity index (χ3n) is 5.81. The minimum absolute atomic E-state index is 0.188. The summed E-state index contributed by atoms with van der Waals surface area (Å²) >= 11 is 0. The van der Waals surface area contributed by atoms with Gasteiger partial charge in [-0.25, -0.2) is 13.8 Å². The normalized spacial score (nSPS) is 13.6. The molecule has 1 aliphatic rings. The van der Waals surface area contributed by atoms with E-state index in [-0.39, 0.29) is 22.4 Å². The number of benzene rings is 3. The zero-order valence-electron chi connectivity index (χ0n) is 18.6. The summed E-state index contributed by atoms with van der Waals surface area (Å²) in [6.45, 7) is 3.32. The van der Waals surface area contributed by atoms with Crippen molar-refractivity contribution in [1.29, 1.82) is 0 Å². The van der Waals surface area contributed by atoms with Crippen LogP contribution in [0.1, 0.15) is 26.3 Å². The van der Waals surface area contributed by atoms with Crippen molar-refractivity contribution in [3.05, 3.63) is 95.2 Å². The summed E-state index contributed by atoms with van der Waals surface area (Å²) in [5.41, 5.74) is 1.70. The maximum Gasteiger partial charge on any atom is 0.255 e. The van der Waals surface area contributed by atoms with E-state index in [4.69, 9.17) is 0 Å². The Morgan fingerprint density at radius 2 is 1.63 bits per heavy atom. The van der Waals surface area contributed by atoms with Crippen molar-refractivity contribution in [2.45, 2.75) is 0 Å². The van der Waals surface area contributed by atoms with Gasteiger partial charge in [0.05, 0.1) is 22.8 Å². The second kappa shape index (κ2) is 9.55. The molecule has 5 rings (SSSR count). The summed E-state index contributed by atoms with van der Waals surface area (Å²) in [6.07, 6.45) is 1.71. The van der Waals surface area contributed by atoms with Gasteiger partial charge in [-0.15, -0.1) is 0 Å². The number of amides is 1. The quantitative estimate of drug-likeness (QED) is 0.429. The lowest BCUT2D eigenvalue weighted by Crippen LogP contribution is -2.43. The molecule has 2 N–H and O–H groups in total. The second-order valence-electron chi connectivity index (χ2n) is 8.15. The second-order valence-corrected chi connectivity index (χ2v) is 8.15. The lowest BCUT2D eigenvalue weighted by Gasteiger charge is -2.28. The Balaban J connectivity index is 1.41. The van der Waals surface area contributed by atoms with Crippen LogP contribution in [0.4, 0.5) is 20.3 Å². The van der Waals surface area contributed by atoms with Gasteiger partial charge in [-0.3, -0.25) is 14.6 Å². The molecule has 176 valence electrons. The van der Waals surface area contributed by atoms with Crippen LogP contribution in [-0.4, -0.2) is 47.8 Å². The third-order valence-corrected chi connectivity index (χ3v) is 5.81. The van der Waals surface area contributed by atoms with E-state index in [0.29, 0.717) is 11.0 Å². The molecule has 1 amide bonds. The van der Waals surface area contributed by atoms with E-state index in [0.717, 1.165) is 38.1 Å². The fourth-order valence-electron chi connectivity index (χ4n) is 3.93. The Labute approximate surface area is 199 Å². The number of piperazine rings is 1. The van der Waals surface area contributed by atoms with Crippen LogP contribution in [0, 0.1) is 11.6 Å². The van der Waals surface area contributed by atoms with Crippen LogP contribution in [0.5, 0.6) is 0 Å². The molecule has 7 nitrogen and oxygen atoms in total. The summed E-state index contributed by atoms with van der Waals surface area (Å²) < 4.78 is 27.7. The molecule has 1 aromatic heterocycles. The van der Waals surface area contributed by atoms with Gasteiger partial charge in [0.15, 0.2) is 5.78 Å². The molecule has 0 atom stereocenters. The van der Waals surface area contributed by atoms with Crippen molar-refractivity contribution in [3.8, 4) is 0 Å². The highest BCUT2D eigenvalue weighted by atomic mass is 19.1. The van der Waals surface area contributed by atoms with E-state index >= 15 is 0 Å². The van der Waals surface area contributed by atoms with Crippen molar-refractivity contribution >= 4 is 34.2 Å². The Kier molecular flexibility index (Phi) is 6.15. The fourth-order valence-corrected chi connectivity index (χ4v) is 3.93. The summed E-state index contributed by atoms with van der Waals surface area (Å²) in [5, 5.41) is 5.90. The SMILES string of the molecule is O=C(Nc1ccc(F)c(C(=O)c2ccc3ncc(N4CCNCC4)nc3c2)c1)c1ccc(F)cc1. The van der Waals surface area contributed by atoms with Gasteiger partial charge in [0, 0.05) is 43.0 Å². The molecule has 0 spiro atoms. The number of ketones is 1. The average molecular weight is 473 g/mol. The number of hydrogen-bond donors (Lipinski definition) is 2. The fraction of sp³-hybridized carbons (Fsp3) is 0.154. The molecule has 35 heavy (non-hydrogen) atoms. The molecule has 1 saturated heterocycles. The van der Waals surface area contributed by atoms with Gasteiger partial charge in [0.2, 0.25) is 0 Å². The van der Waals surface area contributed by atoms with E-state index in [1.54, 1.807) is 24.4 Å². The van der Waals surface area contributed by atoms with Gasteiger partial charge in [-0.2, -0.15) is 0 Å². The number of hydrogen-bond acceptors (Lipinski definition) is 6. The van der Waals surface area contributed by atoms with Crippen LogP contribution in [-0.2, 0) is 0 Å². The monoisotopic (exact) mass is 473 g/mol. The molecular weight excluding hydrogens is 452 g/mol. The minimum atomic E-state index is -0.712. The smallest absolute Gasteiger partial charge is 0.255 e. The summed E-state index contributed by atoms with van der Waals surface area (Å²) in [7, 11) is 0. The Bertz CT molecular complexity index is 1420. The van der Waals surface area contributed by atoms with E-state index in [9.17, 15) is 18.4 Å². The summed E-state index contributed by atoms with van der Waals surface area (Å²) in [5.74, 6) is -1.50. The minimum Gasteiger partial charge on any atom is -0.353 e. The number of nitrogens with one attached hydrogen (secondary N) is 2. The van der Waals surface area contributed by atoms with Gasteiger partial charge >= 0.3 is 0 Å². The lowest BCUT2D eigenvalue weighted by atomic mass is 10.0. The first-order valence-corrected chi connectivity index (χ1v) is 11.1. The van der Waals surface area contributed by atoms with Crippen LogP contribution >= 0.6 is 0 Å². The highest BCUT2D eigenvalue weighted by Crippen LogP contribution is 2.22. The van der Waals surface area contributed by atoms with Crippen LogP contribution in [0.15, 0.2) is 66.9 Å². The van der Waals surface area contributed by atoms with Crippen molar-refractivity contribution < 1.29 is 18.4 Å². The molecule has 0 aliphatic carbocycles. The predicted molar refractivity (Wildman–Crippen MR) is 129 cm³/mol. The van der Waals surface area contributed by atoms with Gasteiger partial charge in [0.1, 0.15) is 17.5 Å². The number of anilines is 2. The molecule has 0 bridgehead atoms. The summed E-state index contributed by atoms with van der Waals surface area (Å²) in [4.78, 5) is 36.8. The molecule has 0 saturated carbocycles. The number of nitrogens with zero attached hydrogens (tertiary/aromatic N) is 3. The highest BCUT2D eigenvalue weighted by molar-refractivity contribution is 6.11. The molecule has 1 aliphatic heterocycles. The van der Waals surface area contributed by atoms with Crippen LogP contribution < -0.4 is 15.5 Å². The zero-order valence-corrected chi connectivity index (χ0v) is 18.6. The van der Waals surface area contributed by atoms with Crippen molar-refractivity contribution in [1.82, 2.24) is 15.3 Å². The predicted octanol–water partition coefficient (Wildman–Crippen LogP) is 3.80. The number of halogens is 2. The molecule has 4 aromatic rings. The Morgan fingerprint density at radius 3 is 2.40 bits per heavy atom. The maximum atomic E-state index is 14.6. The van der Waals surface area contributed by atoms with Crippen molar-refractivity contribution in [2.24, 2.45) is 0 Å². The van der Waals surface area contributed by atoms with Crippen LogP contribution in [0.3, 0.4) is 0 Å². The van der Waals surface area contributed by atoms with E-state index in [1.165, 1.54) is 36.4 Å². The van der Waals surface area contributed by atoms with Crippen molar-refractivity contribution in [2.75, 3.05) is 36.4 Å². The molecule has 1 fully saturated rings. The Morgan fingerprint density at radius 1 is 0.886 bits per heavy atom. The van der Waals surface area contributed by atoms with E-state index in [1.807, 2.05) is 0 Å². The number of carbonyl (C=O) groups is 2. The average Bonchev–Trinajstić information content (AvgIpc) is 2.89. The van der Waals surface area contributed by atoms with Crippen molar-refractivity contribution in [3.63, 3.8) is 0 Å². The molecule has 0 radical (unpaired) electrons. The van der Waals surface area contributed by atoms with Crippen LogP contribution in [0.2, 0.25) is 0 Å². The number of fused-ring (bicyclic) bond motifs is 1. The largest absolute Gasteiger partial charge is 0.353 e. The highest BCUT2D eigenvalue weighted by Gasteiger charge is 2.18. The zero-order chi connectivity index (χ0) is 24.4. The molecule has 9 heteroatoms. The number of rotatable bonds is 5.